The maximum absolute atomic E-state index is 5.34. The van der Waals surface area contributed by atoms with Gasteiger partial charge in [-0.25, -0.2) is 0 Å². The molecule has 0 saturated carbocycles. The van der Waals surface area contributed by atoms with E-state index >= 15 is 0 Å². The van der Waals surface area contributed by atoms with Crippen LogP contribution in [0.1, 0.15) is 45.4 Å². The number of unbranched alkanes of at least 4 members (excludes halogenated alkanes) is 5. The minimum absolute atomic E-state index is 0. The van der Waals surface area contributed by atoms with Gasteiger partial charge in [0.25, 0.3) is 0 Å². The summed E-state index contributed by atoms with van der Waals surface area (Å²) >= 11 is 0. The van der Waals surface area contributed by atoms with Crippen molar-refractivity contribution < 1.29 is 0 Å². The van der Waals surface area contributed by atoms with E-state index in [-0.39, 0.29) is 23.7 Å². The second-order valence-corrected chi connectivity index (χ2v) is 2.56. The van der Waals surface area contributed by atoms with Crippen LogP contribution in [0.2, 0.25) is 0 Å². The molecule has 0 saturated heterocycles. The summed E-state index contributed by atoms with van der Waals surface area (Å²) in [5.41, 5.74) is 5.34. The van der Waals surface area contributed by atoms with Gasteiger partial charge in [-0.1, -0.05) is 39.0 Å². The SMILES string of the molecule is CCCCCCCCN.[TeH2]. The first-order valence-electron chi connectivity index (χ1n) is 4.12. The van der Waals surface area contributed by atoms with E-state index in [1.54, 1.807) is 0 Å². The average molecular weight is 259 g/mol. The van der Waals surface area contributed by atoms with Gasteiger partial charge in [0.05, 0.1) is 0 Å². The van der Waals surface area contributed by atoms with Crippen LogP contribution in [-0.2, 0) is 0 Å². The molecule has 0 aliphatic carbocycles. The Morgan fingerprint density at radius 1 is 0.900 bits per heavy atom. The molecule has 0 aromatic carbocycles. The normalized spacial score (nSPS) is 9.00. The van der Waals surface area contributed by atoms with Crippen LogP contribution in [0.3, 0.4) is 0 Å². The Morgan fingerprint density at radius 3 is 1.90 bits per heavy atom. The van der Waals surface area contributed by atoms with Gasteiger partial charge in [-0.15, -0.1) is 0 Å². The Bertz CT molecular complexity index is 42.5. The van der Waals surface area contributed by atoms with Crippen LogP contribution >= 0.6 is 0 Å². The van der Waals surface area contributed by atoms with Crippen LogP contribution in [0, 0.1) is 0 Å². The third kappa shape index (κ3) is 11.5. The van der Waals surface area contributed by atoms with E-state index in [1.165, 1.54) is 38.5 Å². The van der Waals surface area contributed by atoms with Crippen molar-refractivity contribution in [3.8, 4) is 0 Å². The zero-order valence-electron chi connectivity index (χ0n) is 7.03. The molecule has 0 spiro atoms. The van der Waals surface area contributed by atoms with Gasteiger partial charge < -0.3 is 5.73 Å². The van der Waals surface area contributed by atoms with Crippen LogP contribution < -0.4 is 5.73 Å². The van der Waals surface area contributed by atoms with E-state index in [9.17, 15) is 0 Å². The van der Waals surface area contributed by atoms with E-state index in [0.717, 1.165) is 6.54 Å². The van der Waals surface area contributed by atoms with E-state index in [2.05, 4.69) is 6.92 Å². The second-order valence-electron chi connectivity index (χ2n) is 2.56. The Labute approximate surface area is 81.5 Å². The molecular formula is C8H21NTe. The molecule has 0 unspecified atom stereocenters. The number of hydrogen-bond donors (Lipinski definition) is 1. The number of nitrogens with two attached hydrogens (primary N) is 1. The quantitative estimate of drug-likeness (QED) is 0.566. The molecule has 0 atom stereocenters. The first-order chi connectivity index (χ1) is 4.41. The van der Waals surface area contributed by atoms with Gasteiger partial charge in [0, 0.05) is 0 Å². The minimum atomic E-state index is 0. The van der Waals surface area contributed by atoms with Gasteiger partial charge in [-0.2, -0.15) is 0 Å². The fraction of sp³-hybridized carbons (Fsp3) is 1.00. The molecule has 0 fully saturated rings. The van der Waals surface area contributed by atoms with E-state index in [0.29, 0.717) is 0 Å². The van der Waals surface area contributed by atoms with Crippen molar-refractivity contribution in [1.82, 2.24) is 0 Å². The molecule has 0 rings (SSSR count). The Morgan fingerprint density at radius 2 is 1.40 bits per heavy atom. The molecule has 0 aliphatic rings. The van der Waals surface area contributed by atoms with Crippen molar-refractivity contribution in [1.29, 1.82) is 0 Å². The predicted octanol–water partition coefficient (Wildman–Crippen LogP) is 1.39. The van der Waals surface area contributed by atoms with Crippen molar-refractivity contribution in [2.24, 2.45) is 5.73 Å². The van der Waals surface area contributed by atoms with E-state index in [1.807, 2.05) is 0 Å². The zero-order valence-corrected chi connectivity index (χ0v) is 9.88. The van der Waals surface area contributed by atoms with E-state index in [4.69, 9.17) is 5.73 Å². The molecule has 0 aromatic rings. The summed E-state index contributed by atoms with van der Waals surface area (Å²) in [4.78, 5) is 0. The number of hydrogen-bond acceptors (Lipinski definition) is 1. The first kappa shape index (κ1) is 13.3. The number of rotatable bonds is 6. The Balaban J connectivity index is 0. The van der Waals surface area contributed by atoms with Gasteiger partial charge in [0.1, 0.15) is 0 Å². The molecule has 0 heterocycles. The fourth-order valence-electron chi connectivity index (χ4n) is 0.925. The molecular weight excluding hydrogens is 238 g/mol. The molecule has 10 heavy (non-hydrogen) atoms. The van der Waals surface area contributed by atoms with Crippen LogP contribution in [0.15, 0.2) is 0 Å². The van der Waals surface area contributed by atoms with Crippen LogP contribution in [-0.4, -0.2) is 30.2 Å². The molecule has 0 aromatic heterocycles. The summed E-state index contributed by atoms with van der Waals surface area (Å²) in [7, 11) is 0. The summed E-state index contributed by atoms with van der Waals surface area (Å²) < 4.78 is 0. The molecule has 2 N–H and O–H groups in total. The van der Waals surface area contributed by atoms with Crippen molar-refractivity contribution in [3.05, 3.63) is 0 Å². The Hall–Kier alpha value is 0.750. The standard InChI is InChI=1S/C8H19N.H2Te/c1-2-3-4-5-6-7-8-9;/h2-9H2,1H3;1H2. The molecule has 0 bridgehead atoms. The molecule has 1 nitrogen and oxygen atoms in total. The zero-order chi connectivity index (χ0) is 6.95. The predicted molar refractivity (Wildman–Crippen MR) is 51.0 cm³/mol. The molecule has 2 heteroatoms. The molecule has 0 amide bonds. The van der Waals surface area contributed by atoms with Gasteiger partial charge >= 0.3 is 23.7 Å². The van der Waals surface area contributed by atoms with Crippen LogP contribution in [0.25, 0.3) is 0 Å². The van der Waals surface area contributed by atoms with Gasteiger partial charge in [-0.3, -0.25) is 0 Å². The monoisotopic (exact) mass is 261 g/mol. The van der Waals surface area contributed by atoms with Gasteiger partial charge in [0.15, 0.2) is 0 Å². The third-order valence-corrected chi connectivity index (χ3v) is 1.56. The Kier molecular flexibility index (Phi) is 16.6. The summed E-state index contributed by atoms with van der Waals surface area (Å²) in [6, 6.07) is 0. The fourth-order valence-corrected chi connectivity index (χ4v) is 0.925. The molecule has 0 radical (unpaired) electrons. The molecule has 0 aliphatic heterocycles. The van der Waals surface area contributed by atoms with E-state index < -0.39 is 0 Å². The van der Waals surface area contributed by atoms with Crippen LogP contribution in [0.4, 0.5) is 0 Å². The van der Waals surface area contributed by atoms with Crippen molar-refractivity contribution in [2.45, 2.75) is 45.4 Å². The van der Waals surface area contributed by atoms with Crippen molar-refractivity contribution in [3.63, 3.8) is 0 Å². The summed E-state index contributed by atoms with van der Waals surface area (Å²) in [6.07, 6.45) is 8.05. The second kappa shape index (κ2) is 12.4. The van der Waals surface area contributed by atoms with Crippen molar-refractivity contribution in [2.75, 3.05) is 6.54 Å². The average Bonchev–Trinajstić information content (AvgIpc) is 1.89. The summed E-state index contributed by atoms with van der Waals surface area (Å²) in [5, 5.41) is 0. The topological polar surface area (TPSA) is 26.0 Å². The molecule has 64 valence electrons. The van der Waals surface area contributed by atoms with Gasteiger partial charge in [-0.05, 0) is 13.0 Å². The first-order valence-corrected chi connectivity index (χ1v) is 4.12. The van der Waals surface area contributed by atoms with Gasteiger partial charge in [0.2, 0.25) is 0 Å². The maximum atomic E-state index is 5.34. The third-order valence-electron chi connectivity index (χ3n) is 1.56. The van der Waals surface area contributed by atoms with Crippen molar-refractivity contribution >= 4 is 23.7 Å². The van der Waals surface area contributed by atoms with Crippen LogP contribution in [0.5, 0.6) is 0 Å². The summed E-state index contributed by atoms with van der Waals surface area (Å²) in [5.74, 6) is 0. The summed E-state index contributed by atoms with van der Waals surface area (Å²) in [6.45, 7) is 3.11.